The van der Waals surface area contributed by atoms with E-state index in [0.717, 1.165) is 25.0 Å². The van der Waals surface area contributed by atoms with Crippen molar-refractivity contribution in [2.45, 2.75) is 87.6 Å². The second-order valence-electron chi connectivity index (χ2n) is 8.12. The fourth-order valence-corrected chi connectivity index (χ4v) is 5.19. The molecule has 1 fully saturated rings. The number of ether oxygens (including phenoxy) is 1. The fraction of sp³-hybridized carbons (Fsp3) is 0.889. The highest BCUT2D eigenvalue weighted by Crippen LogP contribution is 2.33. The Morgan fingerprint density at radius 3 is 2.50 bits per heavy atom. The molecule has 8 atom stereocenters. The summed E-state index contributed by atoms with van der Waals surface area (Å²) in [6.07, 6.45) is 2.70. The summed E-state index contributed by atoms with van der Waals surface area (Å²) < 4.78 is 21.4. The van der Waals surface area contributed by atoms with Crippen LogP contribution >= 0.6 is 11.8 Å². The molecule has 0 amide bonds. The van der Waals surface area contributed by atoms with Gasteiger partial charge in [0.25, 0.3) is 0 Å². The van der Waals surface area contributed by atoms with Gasteiger partial charge in [-0.3, -0.25) is 0 Å². The molecule has 26 heavy (non-hydrogen) atoms. The van der Waals surface area contributed by atoms with Crippen molar-refractivity contribution in [2.75, 3.05) is 5.75 Å². The predicted octanol–water partition coefficient (Wildman–Crippen LogP) is 1.32. The van der Waals surface area contributed by atoms with Crippen LogP contribution in [-0.2, 0) is 16.1 Å². The molecule has 2 rings (SSSR count). The average Bonchev–Trinajstić information content (AvgIpc) is 2.56. The van der Waals surface area contributed by atoms with Crippen LogP contribution < -0.4 is 4.72 Å². The lowest BCUT2D eigenvalue weighted by molar-refractivity contribution is -0.205. The summed E-state index contributed by atoms with van der Waals surface area (Å²) in [6.45, 7) is 7.61. The summed E-state index contributed by atoms with van der Waals surface area (Å²) in [5, 5.41) is 31.2. The van der Waals surface area contributed by atoms with Crippen LogP contribution in [0.4, 0.5) is 0 Å². The molecule has 0 spiro atoms. The van der Waals surface area contributed by atoms with Crippen LogP contribution in [0, 0.1) is 5.92 Å². The van der Waals surface area contributed by atoms with E-state index >= 15 is 0 Å². The van der Waals surface area contributed by atoms with Gasteiger partial charge in [0, 0.05) is 11.4 Å². The van der Waals surface area contributed by atoms with Gasteiger partial charge >= 0.3 is 0 Å². The van der Waals surface area contributed by atoms with Crippen molar-refractivity contribution >= 4 is 23.1 Å². The predicted molar refractivity (Wildman–Crippen MR) is 106 cm³/mol. The maximum atomic E-state index is 12.7. The van der Waals surface area contributed by atoms with Crippen molar-refractivity contribution in [3.63, 3.8) is 0 Å². The third-order valence-corrected chi connectivity index (χ3v) is 7.65. The van der Waals surface area contributed by atoms with E-state index in [1.54, 1.807) is 0 Å². The largest absolute Gasteiger partial charge is 0.598 e. The summed E-state index contributed by atoms with van der Waals surface area (Å²) >= 11 is 0.104. The van der Waals surface area contributed by atoms with E-state index in [4.69, 9.17) is 4.74 Å². The monoisotopic (exact) mass is 407 g/mol. The Bertz CT molecular complexity index is 473. The highest BCUT2D eigenvalue weighted by Gasteiger charge is 2.49. The highest BCUT2D eigenvalue weighted by atomic mass is 32.2. The molecular formula is C18H33NO5S2. The van der Waals surface area contributed by atoms with E-state index in [2.05, 4.69) is 16.9 Å². The Morgan fingerprint density at radius 2 is 1.85 bits per heavy atom. The molecule has 8 heteroatoms. The van der Waals surface area contributed by atoms with Crippen molar-refractivity contribution in [2.24, 2.45) is 5.92 Å². The summed E-state index contributed by atoms with van der Waals surface area (Å²) in [7, 11) is 0. The van der Waals surface area contributed by atoms with Crippen molar-refractivity contribution < 1.29 is 24.6 Å². The zero-order chi connectivity index (χ0) is 19.5. The molecule has 0 aromatic rings. The lowest BCUT2D eigenvalue weighted by Gasteiger charge is -2.45. The van der Waals surface area contributed by atoms with E-state index in [-0.39, 0.29) is 5.92 Å². The second-order valence-corrected chi connectivity index (χ2v) is 11.3. The van der Waals surface area contributed by atoms with Gasteiger partial charge < -0.3 is 24.6 Å². The molecule has 2 aliphatic heterocycles. The van der Waals surface area contributed by atoms with Gasteiger partial charge in [-0.25, -0.2) is 0 Å². The molecule has 0 saturated carbocycles. The van der Waals surface area contributed by atoms with Crippen LogP contribution in [0.5, 0.6) is 0 Å². The fourth-order valence-electron chi connectivity index (χ4n) is 3.08. The molecule has 2 bridgehead atoms. The minimum absolute atomic E-state index is 0.0616. The number of nitrogens with one attached hydrogen (secondary N) is 1. The first kappa shape index (κ1) is 22.5. The Hall–Kier alpha value is 0.200. The number of rotatable bonds is 2. The van der Waals surface area contributed by atoms with Crippen LogP contribution in [0.2, 0.25) is 0 Å². The van der Waals surface area contributed by atoms with Gasteiger partial charge in [0.1, 0.15) is 34.6 Å². The van der Waals surface area contributed by atoms with Crippen molar-refractivity contribution in [3.8, 4) is 0 Å². The zero-order valence-electron chi connectivity index (χ0n) is 16.0. The first-order chi connectivity index (χ1) is 12.1. The van der Waals surface area contributed by atoms with Gasteiger partial charge in [0.15, 0.2) is 0 Å². The number of allylic oxidation sites excluding steroid dienone is 1. The average molecular weight is 408 g/mol. The molecule has 1 unspecified atom stereocenters. The van der Waals surface area contributed by atoms with Crippen molar-refractivity contribution in [1.82, 2.24) is 4.72 Å². The maximum Gasteiger partial charge on any atom is 0.136 e. The van der Waals surface area contributed by atoms with Gasteiger partial charge in [-0.05, 0) is 51.7 Å². The van der Waals surface area contributed by atoms with Gasteiger partial charge in [-0.1, -0.05) is 19.1 Å². The van der Waals surface area contributed by atoms with Crippen molar-refractivity contribution in [3.05, 3.63) is 12.2 Å². The molecule has 2 heterocycles. The number of hydrogen-bond donors (Lipinski definition) is 4. The van der Waals surface area contributed by atoms with Gasteiger partial charge in [-0.2, -0.15) is 0 Å². The molecule has 152 valence electrons. The number of hydrogen-bond acceptors (Lipinski definition) is 7. The Morgan fingerprint density at radius 1 is 1.15 bits per heavy atom. The van der Waals surface area contributed by atoms with Crippen molar-refractivity contribution in [1.29, 1.82) is 0 Å². The summed E-state index contributed by atoms with van der Waals surface area (Å²) in [5.41, 5.74) is -0.610. The minimum atomic E-state index is -1.36. The zero-order valence-corrected chi connectivity index (χ0v) is 17.6. The second kappa shape index (κ2) is 9.60. The molecule has 2 aliphatic rings. The molecule has 6 nitrogen and oxygen atoms in total. The Kier molecular flexibility index (Phi) is 8.31. The highest BCUT2D eigenvalue weighted by molar-refractivity contribution is 7.99. The molecular weight excluding hydrogens is 374 g/mol. The summed E-state index contributed by atoms with van der Waals surface area (Å²) in [4.78, 5) is 0. The molecule has 4 N–H and O–H groups in total. The minimum Gasteiger partial charge on any atom is -0.598 e. The van der Waals surface area contributed by atoms with Gasteiger partial charge in [-0.15, -0.1) is 16.5 Å². The third kappa shape index (κ3) is 5.61. The van der Waals surface area contributed by atoms with E-state index in [1.807, 2.05) is 27.7 Å². The van der Waals surface area contributed by atoms with E-state index in [1.165, 1.54) is 11.8 Å². The number of aliphatic hydroxyl groups is 3. The van der Waals surface area contributed by atoms with E-state index < -0.39 is 52.0 Å². The molecule has 0 aliphatic carbocycles. The first-order valence-corrected chi connectivity index (χ1v) is 11.5. The molecule has 0 radical (unpaired) electrons. The standard InChI is InChI=1S/C18H33NO5S2/c1-11-9-7-5-6-8-10-25-17-15(22)13(20)14(21)16(24-17)12(11)19-26(23)18(2,3)4/h7,9,11-17,19-22H,5-6,8,10H2,1-4H3/b9-7-/t11-,12-,13+,14-,15-,16-,17-,26?/m1/s1. The molecule has 0 aromatic heterocycles. The third-order valence-electron chi connectivity index (χ3n) is 4.81. The SMILES string of the molecule is C[C@@H]1/C=C\CCCCS[C@H]2O[C@@H]([C@H](O)[C@H](O)[C@H]2O)[C@@H]1N[S+]([O-])C(C)(C)C. The van der Waals surface area contributed by atoms with E-state index in [9.17, 15) is 19.9 Å². The van der Waals surface area contributed by atoms with Crippen LogP contribution in [0.25, 0.3) is 0 Å². The van der Waals surface area contributed by atoms with Gasteiger partial charge in [0.2, 0.25) is 0 Å². The Labute approximate surface area is 164 Å². The van der Waals surface area contributed by atoms with Crippen LogP contribution in [0.15, 0.2) is 12.2 Å². The maximum absolute atomic E-state index is 12.7. The lowest BCUT2D eigenvalue weighted by Crippen LogP contribution is -2.64. The molecule has 0 aromatic carbocycles. The molecule has 1 saturated heterocycles. The first-order valence-electron chi connectivity index (χ1n) is 9.29. The Balaban J connectivity index is 2.30. The number of fused-ring (bicyclic) bond motifs is 2. The van der Waals surface area contributed by atoms with Crippen LogP contribution in [0.3, 0.4) is 0 Å². The quantitative estimate of drug-likeness (QED) is 0.404. The number of aliphatic hydroxyl groups excluding tert-OH is 3. The normalized spacial score (nSPS) is 42.4. The van der Waals surface area contributed by atoms with E-state index in [0.29, 0.717) is 0 Å². The van der Waals surface area contributed by atoms with Crippen LogP contribution in [-0.4, -0.2) is 66.3 Å². The van der Waals surface area contributed by atoms with Crippen LogP contribution in [0.1, 0.15) is 47.0 Å². The van der Waals surface area contributed by atoms with Gasteiger partial charge in [0.05, 0.1) is 6.04 Å². The lowest BCUT2D eigenvalue weighted by atomic mass is 9.88. The topological polar surface area (TPSA) is 105 Å². The smallest absolute Gasteiger partial charge is 0.136 e. The number of thioether (sulfide) groups is 1. The summed E-state index contributed by atoms with van der Waals surface area (Å²) in [6, 6.07) is -0.453. The summed E-state index contributed by atoms with van der Waals surface area (Å²) in [5.74, 6) is 0.751.